The Hall–Kier alpha value is -1.12. The highest BCUT2D eigenvalue weighted by Gasteiger charge is 2.66. The molecule has 0 aromatic carbocycles. The Labute approximate surface area is 108 Å². The van der Waals surface area contributed by atoms with Gasteiger partial charge in [0, 0.05) is 12.3 Å². The summed E-state index contributed by atoms with van der Waals surface area (Å²) in [5, 5.41) is 0. The first-order chi connectivity index (χ1) is 8.45. The van der Waals surface area contributed by atoms with Gasteiger partial charge in [0.05, 0.1) is 5.41 Å². The van der Waals surface area contributed by atoms with Gasteiger partial charge >= 0.3 is 5.97 Å². The zero-order chi connectivity index (χ0) is 13.1. The predicted octanol–water partition coefficient (Wildman–Crippen LogP) is 2.50. The van der Waals surface area contributed by atoms with Crippen LogP contribution in [-0.2, 0) is 14.3 Å². The molecule has 0 aromatic rings. The van der Waals surface area contributed by atoms with E-state index in [-0.39, 0.29) is 29.8 Å². The fourth-order valence-corrected chi connectivity index (χ4v) is 4.44. The van der Waals surface area contributed by atoms with Crippen LogP contribution in [0.3, 0.4) is 0 Å². The lowest BCUT2D eigenvalue weighted by molar-refractivity contribution is -0.150. The molecule has 0 amide bonds. The van der Waals surface area contributed by atoms with Gasteiger partial charge in [-0.2, -0.15) is 0 Å². The smallest absolute Gasteiger partial charge is 0.313 e. The summed E-state index contributed by atoms with van der Waals surface area (Å²) in [6, 6.07) is 0. The highest BCUT2D eigenvalue weighted by molar-refractivity contribution is 5.84. The monoisotopic (exact) mass is 248 g/mol. The third kappa shape index (κ3) is 1.15. The molecule has 2 bridgehead atoms. The van der Waals surface area contributed by atoms with E-state index in [0.29, 0.717) is 5.92 Å². The minimum absolute atomic E-state index is 0.0478. The number of esters is 1. The van der Waals surface area contributed by atoms with Crippen molar-refractivity contribution in [1.29, 1.82) is 0 Å². The van der Waals surface area contributed by atoms with Gasteiger partial charge in [-0.3, -0.25) is 4.79 Å². The Bertz CT molecular complexity index is 441. The van der Waals surface area contributed by atoms with Crippen molar-refractivity contribution >= 4 is 12.3 Å². The van der Waals surface area contributed by atoms with Gasteiger partial charge in [-0.15, -0.1) is 0 Å². The van der Waals surface area contributed by atoms with Gasteiger partial charge in [0.15, 0.2) is 0 Å². The average molecular weight is 248 g/mol. The average Bonchev–Trinajstić information content (AvgIpc) is 2.59. The summed E-state index contributed by atoms with van der Waals surface area (Å²) in [5.74, 6) is 0.387. The van der Waals surface area contributed by atoms with E-state index in [0.717, 1.165) is 31.1 Å². The maximum Gasteiger partial charge on any atom is 0.313 e. The van der Waals surface area contributed by atoms with E-state index in [1.54, 1.807) is 0 Å². The summed E-state index contributed by atoms with van der Waals surface area (Å²) in [7, 11) is 0. The molecule has 1 aliphatic heterocycles. The molecule has 0 N–H and O–H groups in total. The van der Waals surface area contributed by atoms with Gasteiger partial charge in [0.25, 0.3) is 0 Å². The Balaban J connectivity index is 2.09. The number of hydrogen-bond acceptors (Lipinski definition) is 3. The van der Waals surface area contributed by atoms with E-state index < -0.39 is 5.41 Å². The van der Waals surface area contributed by atoms with Gasteiger partial charge in [-0.05, 0) is 30.6 Å². The quantitative estimate of drug-likeness (QED) is 0.428. The molecule has 3 rings (SSSR count). The van der Waals surface area contributed by atoms with E-state index in [1.807, 2.05) is 0 Å². The Morgan fingerprint density at radius 1 is 1.50 bits per heavy atom. The molecule has 2 aliphatic carbocycles. The Kier molecular flexibility index (Phi) is 2.30. The molecule has 3 aliphatic rings. The Morgan fingerprint density at radius 3 is 2.89 bits per heavy atom. The van der Waals surface area contributed by atoms with Crippen LogP contribution in [0.25, 0.3) is 0 Å². The van der Waals surface area contributed by atoms with Gasteiger partial charge < -0.3 is 9.53 Å². The number of ether oxygens (including phenoxy) is 1. The maximum atomic E-state index is 12.2. The van der Waals surface area contributed by atoms with Gasteiger partial charge in [0.2, 0.25) is 0 Å². The van der Waals surface area contributed by atoms with E-state index >= 15 is 0 Å². The summed E-state index contributed by atoms with van der Waals surface area (Å²) in [4.78, 5) is 23.2. The van der Waals surface area contributed by atoms with Crippen molar-refractivity contribution in [3.8, 4) is 0 Å². The first-order valence-corrected chi connectivity index (χ1v) is 6.80. The third-order valence-electron chi connectivity index (χ3n) is 5.95. The molecule has 2 saturated carbocycles. The van der Waals surface area contributed by atoms with Crippen molar-refractivity contribution in [2.24, 2.45) is 22.7 Å². The fraction of sp³-hybridized carbons (Fsp3) is 0.733. The number of carbonyl (C=O) groups is 2. The van der Waals surface area contributed by atoms with Crippen LogP contribution in [0, 0.1) is 22.7 Å². The molecule has 1 saturated heterocycles. The van der Waals surface area contributed by atoms with Crippen LogP contribution >= 0.6 is 0 Å². The van der Waals surface area contributed by atoms with Crippen LogP contribution in [0.4, 0.5) is 0 Å². The zero-order valence-corrected chi connectivity index (χ0v) is 11.1. The minimum atomic E-state index is -0.594. The molecule has 1 heterocycles. The lowest BCUT2D eigenvalue weighted by Crippen LogP contribution is -2.51. The highest BCUT2D eigenvalue weighted by Crippen LogP contribution is 2.65. The van der Waals surface area contributed by atoms with Crippen molar-refractivity contribution < 1.29 is 14.3 Å². The van der Waals surface area contributed by atoms with Crippen molar-refractivity contribution in [1.82, 2.24) is 0 Å². The Morgan fingerprint density at radius 2 is 2.22 bits per heavy atom. The summed E-state index contributed by atoms with van der Waals surface area (Å²) in [6.45, 7) is 8.75. The molecule has 3 fully saturated rings. The van der Waals surface area contributed by atoms with Crippen LogP contribution in [-0.4, -0.2) is 18.4 Å². The number of fused-ring (bicyclic) bond motifs is 1. The number of carbonyl (C=O) groups excluding carboxylic acids is 2. The van der Waals surface area contributed by atoms with Crippen LogP contribution in [0.1, 0.15) is 39.5 Å². The fourth-order valence-electron chi connectivity index (χ4n) is 4.44. The molecular formula is C15H20O3. The molecule has 5 atom stereocenters. The largest absolute Gasteiger partial charge is 0.461 e. The van der Waals surface area contributed by atoms with Crippen LogP contribution < -0.4 is 0 Å². The summed E-state index contributed by atoms with van der Waals surface area (Å²) in [5.41, 5.74) is 0.662. The normalized spacial score (nSPS) is 50.0. The van der Waals surface area contributed by atoms with Crippen molar-refractivity contribution in [3.05, 3.63) is 12.2 Å². The van der Waals surface area contributed by atoms with Crippen LogP contribution in [0.5, 0.6) is 0 Å². The summed E-state index contributed by atoms with van der Waals surface area (Å²) < 4.78 is 5.58. The molecule has 3 nitrogen and oxygen atoms in total. The van der Waals surface area contributed by atoms with Gasteiger partial charge in [0.1, 0.15) is 12.4 Å². The van der Waals surface area contributed by atoms with Crippen LogP contribution in [0.2, 0.25) is 0 Å². The zero-order valence-electron chi connectivity index (χ0n) is 11.1. The number of rotatable bonds is 2. The second kappa shape index (κ2) is 3.46. The van der Waals surface area contributed by atoms with E-state index in [4.69, 9.17) is 4.74 Å². The molecule has 3 heteroatoms. The predicted molar refractivity (Wildman–Crippen MR) is 66.7 cm³/mol. The molecule has 0 aromatic heterocycles. The SMILES string of the molecule is C=C1C2[C@H]3CC(C)C1(C)CC[C@]2(CC=O)C(=O)O3. The first-order valence-electron chi connectivity index (χ1n) is 6.80. The molecule has 3 unspecified atom stereocenters. The molecular weight excluding hydrogens is 228 g/mol. The van der Waals surface area contributed by atoms with Crippen molar-refractivity contribution in [3.63, 3.8) is 0 Å². The van der Waals surface area contributed by atoms with Crippen LogP contribution in [0.15, 0.2) is 12.2 Å². The number of hydrogen-bond donors (Lipinski definition) is 0. The van der Waals surface area contributed by atoms with E-state index in [2.05, 4.69) is 20.4 Å². The van der Waals surface area contributed by atoms with Gasteiger partial charge in [-0.1, -0.05) is 26.0 Å². The van der Waals surface area contributed by atoms with Crippen molar-refractivity contribution in [2.75, 3.05) is 0 Å². The second-order valence-corrected chi connectivity index (χ2v) is 6.53. The second-order valence-electron chi connectivity index (χ2n) is 6.53. The summed E-state index contributed by atoms with van der Waals surface area (Å²) >= 11 is 0. The van der Waals surface area contributed by atoms with Crippen molar-refractivity contribution in [2.45, 2.75) is 45.6 Å². The van der Waals surface area contributed by atoms with Gasteiger partial charge in [-0.25, -0.2) is 0 Å². The van der Waals surface area contributed by atoms with E-state index in [9.17, 15) is 9.59 Å². The lowest BCUT2D eigenvalue weighted by atomic mass is 9.48. The molecule has 98 valence electrons. The third-order valence-corrected chi connectivity index (χ3v) is 5.95. The maximum absolute atomic E-state index is 12.2. The minimum Gasteiger partial charge on any atom is -0.461 e. The molecule has 0 radical (unpaired) electrons. The van der Waals surface area contributed by atoms with E-state index in [1.165, 1.54) is 0 Å². The molecule has 0 spiro atoms. The summed E-state index contributed by atoms with van der Waals surface area (Å²) in [6.07, 6.45) is 3.74. The lowest BCUT2D eigenvalue weighted by Gasteiger charge is -2.54. The number of aldehydes is 1. The topological polar surface area (TPSA) is 43.4 Å². The molecule has 18 heavy (non-hydrogen) atoms. The first kappa shape index (κ1) is 11.9. The highest BCUT2D eigenvalue weighted by atomic mass is 16.6. The standard InChI is InChI=1S/C15H20O3/c1-9-8-11-12-10(2)14(9,3)4-5-15(12,6-7-16)13(17)18-11/h7,9,11-12H,2,4-6,8H2,1,3H3/t9?,11-,12?,14?,15-/m1/s1.